The van der Waals surface area contributed by atoms with Gasteiger partial charge in [-0.1, -0.05) is 6.58 Å². The van der Waals surface area contributed by atoms with Crippen molar-refractivity contribution >= 4 is 0 Å². The van der Waals surface area contributed by atoms with Gasteiger partial charge in [0, 0.05) is 0 Å². The van der Waals surface area contributed by atoms with Crippen LogP contribution in [0.2, 0.25) is 0 Å². The van der Waals surface area contributed by atoms with Crippen molar-refractivity contribution in [1.82, 2.24) is 0 Å². The van der Waals surface area contributed by atoms with E-state index < -0.39 is 0 Å². The summed E-state index contributed by atoms with van der Waals surface area (Å²) in [6, 6.07) is 0. The van der Waals surface area contributed by atoms with Crippen molar-refractivity contribution in [2.75, 3.05) is 0 Å². The summed E-state index contributed by atoms with van der Waals surface area (Å²) in [7, 11) is 0. The summed E-state index contributed by atoms with van der Waals surface area (Å²) in [6.07, 6.45) is 0. The molecule has 30 valence electrons. The third-order valence-corrected chi connectivity index (χ3v) is 0.808. The first kappa shape index (κ1) is 2.29. The Balaban J connectivity index is 2.54. The number of rotatable bonds is 0. The van der Waals surface area contributed by atoms with Crippen molar-refractivity contribution in [2.45, 2.75) is 0 Å². The van der Waals surface area contributed by atoms with Crippen LogP contribution in [0.25, 0.3) is 0 Å². The molecule has 0 bridgehead atoms. The average molecular weight is 82.1 g/mol. The monoisotopic (exact) mass is 82.0 g/mol. The lowest BCUT2D eigenvalue weighted by atomic mass is 10.5. The Labute approximate surface area is 34.7 Å². The Morgan fingerprint density at radius 3 is 2.17 bits per heavy atom. The topological polar surface area (TPSA) is 21.8 Å². The quantitative estimate of drug-likeness (QED) is 0.429. The average Bonchev–Trinajstić information content (AvgIpc) is 2.12. The maximum atomic E-state index is 4.68. The van der Waals surface area contributed by atoms with Crippen LogP contribution in [0, 0.1) is 0 Å². The summed E-state index contributed by atoms with van der Waals surface area (Å²) < 4.78 is 9.33. The van der Waals surface area contributed by atoms with E-state index in [-0.39, 0.29) is 0 Å². The standard InChI is InChI=1S/C4H2O2/c1-2-3-4(5-2)6-3/h1H2. The van der Waals surface area contributed by atoms with Gasteiger partial charge in [-0.2, -0.15) is 0 Å². The number of ether oxygens (including phenoxy) is 2. The fraction of sp³-hybridized carbons (Fsp3) is 0. The van der Waals surface area contributed by atoms with E-state index in [1.54, 1.807) is 0 Å². The molecule has 0 unspecified atom stereocenters. The summed E-state index contributed by atoms with van der Waals surface area (Å²) >= 11 is 0. The zero-order valence-electron chi connectivity index (χ0n) is 3.02. The smallest absolute Gasteiger partial charge is 0.339 e. The van der Waals surface area contributed by atoms with Crippen molar-refractivity contribution in [3.63, 3.8) is 0 Å². The van der Waals surface area contributed by atoms with Gasteiger partial charge in [-0.15, -0.1) is 0 Å². The lowest BCUT2D eigenvalue weighted by molar-refractivity contribution is 0.266. The molecule has 0 aliphatic carbocycles. The first-order valence-electron chi connectivity index (χ1n) is 1.67. The lowest BCUT2D eigenvalue weighted by Gasteiger charge is -1.93. The van der Waals surface area contributed by atoms with Crippen LogP contribution in [0.5, 0.6) is 0 Å². The van der Waals surface area contributed by atoms with Crippen LogP contribution in [-0.4, -0.2) is 0 Å². The van der Waals surface area contributed by atoms with Gasteiger partial charge in [0.1, 0.15) is 0 Å². The van der Waals surface area contributed by atoms with E-state index in [2.05, 4.69) is 16.1 Å². The molecule has 0 aromatic heterocycles. The Hall–Kier alpha value is -0.920. The molecule has 0 fully saturated rings. The molecule has 2 aliphatic rings. The van der Waals surface area contributed by atoms with Gasteiger partial charge >= 0.3 is 5.95 Å². The SMILES string of the molecule is C=C1OC2=C1O2. The predicted octanol–water partition coefficient (Wildman–Crippen LogP) is 0.730. The highest BCUT2D eigenvalue weighted by molar-refractivity contribution is 5.38. The van der Waals surface area contributed by atoms with E-state index in [4.69, 9.17) is 0 Å². The molecule has 6 heavy (non-hydrogen) atoms. The van der Waals surface area contributed by atoms with Crippen molar-refractivity contribution in [2.24, 2.45) is 0 Å². The molecule has 0 radical (unpaired) electrons. The van der Waals surface area contributed by atoms with Crippen molar-refractivity contribution < 1.29 is 9.47 Å². The molecule has 0 saturated carbocycles. The van der Waals surface area contributed by atoms with Crippen LogP contribution < -0.4 is 0 Å². The highest BCUT2D eigenvalue weighted by atomic mass is 16.8. The Morgan fingerprint density at radius 2 is 2.17 bits per heavy atom. The third kappa shape index (κ3) is 0.0779. The summed E-state index contributed by atoms with van der Waals surface area (Å²) in [5, 5.41) is 0. The van der Waals surface area contributed by atoms with E-state index in [9.17, 15) is 0 Å². The molecule has 0 amide bonds. The highest BCUT2D eigenvalue weighted by Crippen LogP contribution is 2.45. The third-order valence-electron chi connectivity index (χ3n) is 0.808. The molecule has 2 nitrogen and oxygen atoms in total. The van der Waals surface area contributed by atoms with E-state index >= 15 is 0 Å². The minimum Gasteiger partial charge on any atom is -0.419 e. The normalized spacial score (nSPS) is 23.7. The fourth-order valence-electron chi connectivity index (χ4n) is 0.417. The Bertz CT molecular complexity index is 149. The minimum absolute atomic E-state index is 0.667. The van der Waals surface area contributed by atoms with Crippen molar-refractivity contribution in [3.8, 4) is 0 Å². The van der Waals surface area contributed by atoms with Gasteiger partial charge in [-0.25, -0.2) is 0 Å². The van der Waals surface area contributed by atoms with Crippen LogP contribution >= 0.6 is 0 Å². The molecular weight excluding hydrogens is 80.0 g/mol. The maximum Gasteiger partial charge on any atom is 0.339 e. The number of hydrogen-bond acceptors (Lipinski definition) is 2. The van der Waals surface area contributed by atoms with Crippen LogP contribution in [0.3, 0.4) is 0 Å². The van der Waals surface area contributed by atoms with Crippen molar-refractivity contribution in [1.29, 1.82) is 0 Å². The highest BCUT2D eigenvalue weighted by Gasteiger charge is 2.43. The van der Waals surface area contributed by atoms with E-state index in [1.807, 2.05) is 0 Å². The fourth-order valence-corrected chi connectivity index (χ4v) is 0.417. The van der Waals surface area contributed by atoms with Gasteiger partial charge in [0.2, 0.25) is 0 Å². The first-order valence-corrected chi connectivity index (χ1v) is 1.67. The first-order chi connectivity index (χ1) is 2.88. The lowest BCUT2D eigenvalue weighted by Crippen LogP contribution is -1.85. The summed E-state index contributed by atoms with van der Waals surface area (Å²) in [5.74, 6) is 2.19. The van der Waals surface area contributed by atoms with E-state index in [0.29, 0.717) is 11.7 Å². The zero-order valence-corrected chi connectivity index (χ0v) is 3.02. The molecule has 0 aromatic rings. The van der Waals surface area contributed by atoms with Crippen LogP contribution in [-0.2, 0) is 9.47 Å². The number of hydrogen-bond donors (Lipinski definition) is 0. The van der Waals surface area contributed by atoms with Gasteiger partial charge in [0.25, 0.3) is 5.76 Å². The van der Waals surface area contributed by atoms with E-state index in [0.717, 1.165) is 5.76 Å². The maximum absolute atomic E-state index is 4.68. The summed E-state index contributed by atoms with van der Waals surface area (Å²) in [5.41, 5.74) is 0. The second kappa shape index (κ2) is 0.381. The van der Waals surface area contributed by atoms with Crippen LogP contribution in [0.4, 0.5) is 0 Å². The second-order valence-electron chi connectivity index (χ2n) is 1.24. The van der Waals surface area contributed by atoms with E-state index in [1.165, 1.54) is 0 Å². The molecule has 2 heterocycles. The summed E-state index contributed by atoms with van der Waals surface area (Å²) in [6.45, 7) is 3.48. The van der Waals surface area contributed by atoms with Gasteiger partial charge in [-0.05, 0) is 0 Å². The van der Waals surface area contributed by atoms with Crippen LogP contribution in [0.15, 0.2) is 24.0 Å². The zero-order chi connectivity index (χ0) is 4.15. The van der Waals surface area contributed by atoms with Crippen molar-refractivity contribution in [3.05, 3.63) is 24.0 Å². The molecule has 2 aliphatic heterocycles. The largest absolute Gasteiger partial charge is 0.419 e. The van der Waals surface area contributed by atoms with Gasteiger partial charge < -0.3 is 9.47 Å². The van der Waals surface area contributed by atoms with Crippen LogP contribution in [0.1, 0.15) is 0 Å². The Morgan fingerprint density at radius 1 is 1.33 bits per heavy atom. The Kier molecular flexibility index (Phi) is 0.145. The molecule has 0 atom stereocenters. The molecule has 0 aromatic carbocycles. The molecular formula is C4H2O2. The second-order valence-corrected chi connectivity index (χ2v) is 1.24. The van der Waals surface area contributed by atoms with Gasteiger partial charge in [-0.3, -0.25) is 0 Å². The minimum atomic E-state index is 0.667. The molecule has 0 spiro atoms. The predicted molar refractivity (Wildman–Crippen MR) is 18.3 cm³/mol. The summed E-state index contributed by atoms with van der Waals surface area (Å²) in [4.78, 5) is 0. The molecule has 2 heteroatoms. The molecule has 0 N–H and O–H groups in total. The van der Waals surface area contributed by atoms with Gasteiger partial charge in [0.15, 0.2) is 5.76 Å². The van der Waals surface area contributed by atoms with Gasteiger partial charge in [0.05, 0.1) is 0 Å². The molecule has 2 rings (SSSR count). The molecule has 0 saturated heterocycles.